The van der Waals surface area contributed by atoms with Gasteiger partial charge < -0.3 is 0 Å². The monoisotopic (exact) mass is 591 g/mol. The van der Waals surface area contributed by atoms with Crippen LogP contribution < -0.4 is 0 Å². The first-order valence-electron chi connectivity index (χ1n) is 14.6. The fraction of sp³-hybridized carbons (Fsp3) is 0.353. The zero-order chi connectivity index (χ0) is 29.3. The molecule has 6 nitrogen and oxygen atoms in total. The molecule has 0 amide bonds. The summed E-state index contributed by atoms with van der Waals surface area (Å²) in [5, 5.41) is 1.43. The van der Waals surface area contributed by atoms with E-state index < -0.39 is 0 Å². The van der Waals surface area contributed by atoms with E-state index in [1.807, 2.05) is 18.2 Å². The number of benzene rings is 1. The summed E-state index contributed by atoms with van der Waals surface area (Å²) in [7, 11) is 0. The third-order valence-electron chi connectivity index (χ3n) is 9.66. The van der Waals surface area contributed by atoms with E-state index in [1.54, 1.807) is 24.3 Å². The van der Waals surface area contributed by atoms with Gasteiger partial charge in [-0.05, 0) is 61.4 Å². The summed E-state index contributed by atoms with van der Waals surface area (Å²) >= 11 is 3.08. The van der Waals surface area contributed by atoms with E-state index in [2.05, 4.69) is 30.8 Å². The predicted octanol–water partition coefficient (Wildman–Crippen LogP) is 8.55. The molecule has 2 atom stereocenters. The molecule has 2 heterocycles. The Balaban J connectivity index is 1.32. The van der Waals surface area contributed by atoms with Crippen LogP contribution in [0.4, 0.5) is 10.0 Å². The molecule has 3 aromatic rings. The second kappa shape index (κ2) is 9.89. The lowest BCUT2D eigenvalue weighted by atomic mass is 9.75. The Morgan fingerprint density at radius 2 is 1.40 bits per heavy atom. The van der Waals surface area contributed by atoms with E-state index in [4.69, 9.17) is 16.6 Å². The predicted molar refractivity (Wildman–Crippen MR) is 169 cm³/mol. The molecule has 0 bridgehead atoms. The summed E-state index contributed by atoms with van der Waals surface area (Å²) in [5.74, 6) is -0.696. The summed E-state index contributed by atoms with van der Waals surface area (Å²) in [6.45, 7) is 13.7. The van der Waals surface area contributed by atoms with Crippen molar-refractivity contribution in [3.8, 4) is 9.75 Å². The molecule has 8 heteroatoms. The lowest BCUT2D eigenvalue weighted by Crippen LogP contribution is -2.22. The quantitative estimate of drug-likeness (QED) is 0.285. The highest BCUT2D eigenvalue weighted by atomic mass is 32.1. The summed E-state index contributed by atoms with van der Waals surface area (Å²) in [6, 6.07) is 11.6. The van der Waals surface area contributed by atoms with Crippen molar-refractivity contribution in [2.24, 2.45) is 21.8 Å². The molecular weight excluding hydrogens is 563 g/mol. The third-order valence-corrected chi connectivity index (χ3v) is 11.9. The van der Waals surface area contributed by atoms with Crippen LogP contribution in [0.2, 0.25) is 0 Å². The Bertz CT molecular complexity index is 1830. The van der Waals surface area contributed by atoms with E-state index in [1.165, 1.54) is 22.5 Å². The summed E-state index contributed by atoms with van der Waals surface area (Å²) in [5.41, 5.74) is 5.02. The molecule has 2 unspecified atom stereocenters. The Kier molecular flexibility index (Phi) is 6.37. The SMILES string of the molecule is [C-]#[N+]C(C)=C1C(=Nc2cc3c(s2)-c2sc(N=C4C(=O)C5CCCCC5C4=O)cc2C3(CC)CC)C(=O)c2ccccc21. The summed E-state index contributed by atoms with van der Waals surface area (Å²) in [6.07, 6.45) is 5.31. The highest BCUT2D eigenvalue weighted by Crippen LogP contribution is 2.61. The average Bonchev–Trinajstić information content (AvgIpc) is 3.78. The van der Waals surface area contributed by atoms with Crippen molar-refractivity contribution in [2.75, 3.05) is 0 Å². The van der Waals surface area contributed by atoms with Gasteiger partial charge in [0.15, 0.2) is 23.0 Å². The zero-order valence-electron chi connectivity index (χ0n) is 23.7. The maximum atomic E-state index is 13.4. The Morgan fingerprint density at radius 1 is 0.881 bits per heavy atom. The molecule has 7 rings (SSSR count). The largest absolute Gasteiger partial charge is 0.292 e. The van der Waals surface area contributed by atoms with Gasteiger partial charge in [0.05, 0.1) is 16.3 Å². The molecule has 4 aliphatic carbocycles. The Labute approximate surface area is 252 Å². The number of carbonyl (C=O) groups is 3. The minimum absolute atomic E-state index is 0.0776. The van der Waals surface area contributed by atoms with E-state index >= 15 is 0 Å². The van der Waals surface area contributed by atoms with E-state index in [9.17, 15) is 14.4 Å². The second-order valence-corrected chi connectivity index (χ2v) is 13.6. The molecule has 0 radical (unpaired) electrons. The minimum Gasteiger partial charge on any atom is -0.292 e. The summed E-state index contributed by atoms with van der Waals surface area (Å²) in [4.78, 5) is 55.2. The molecule has 4 aliphatic rings. The van der Waals surface area contributed by atoms with Gasteiger partial charge in [-0.1, -0.05) is 51.0 Å². The number of ketones is 3. The third kappa shape index (κ3) is 3.69. The molecule has 1 aromatic carbocycles. The van der Waals surface area contributed by atoms with Gasteiger partial charge >= 0.3 is 0 Å². The standard InChI is InChI=1S/C34H29N3O3S2/c1-5-34(6-2)22-15-24(36-27-26(17(3)35-4)18-11-7-8-12-19(18)29(27)38)41-32(22)33-23(34)16-25(42-33)37-28-30(39)20-13-9-10-14-21(20)31(28)40/h7-8,11-12,15-16,20-21H,5-6,9-10,13-14H2,1-3H3. The summed E-state index contributed by atoms with van der Waals surface area (Å²) < 4.78 is 0. The van der Waals surface area contributed by atoms with E-state index in [-0.39, 0.29) is 40.3 Å². The van der Waals surface area contributed by atoms with Crippen molar-refractivity contribution in [3.05, 3.63) is 75.8 Å². The number of hydrogen-bond acceptors (Lipinski definition) is 7. The fourth-order valence-electron chi connectivity index (χ4n) is 7.43. The van der Waals surface area contributed by atoms with Crippen LogP contribution in [0.3, 0.4) is 0 Å². The van der Waals surface area contributed by atoms with Crippen molar-refractivity contribution in [2.45, 2.75) is 64.7 Å². The van der Waals surface area contributed by atoms with Crippen LogP contribution >= 0.6 is 22.7 Å². The smallest absolute Gasteiger partial charge is 0.211 e. The number of rotatable bonds is 4. The molecule has 2 saturated carbocycles. The first kappa shape index (κ1) is 27.1. The van der Waals surface area contributed by atoms with Crippen LogP contribution in [0.15, 0.2) is 52.1 Å². The van der Waals surface area contributed by atoms with Gasteiger partial charge in [-0.2, -0.15) is 0 Å². The number of carbonyl (C=O) groups excluding carboxylic acids is 3. The van der Waals surface area contributed by atoms with Crippen LogP contribution in [-0.4, -0.2) is 28.8 Å². The van der Waals surface area contributed by atoms with Crippen molar-refractivity contribution in [1.82, 2.24) is 0 Å². The number of hydrogen-bond donors (Lipinski definition) is 0. The first-order valence-corrected chi connectivity index (χ1v) is 16.2. The highest BCUT2D eigenvalue weighted by molar-refractivity contribution is 7.26. The van der Waals surface area contributed by atoms with Crippen molar-refractivity contribution in [1.29, 1.82) is 0 Å². The van der Waals surface area contributed by atoms with Crippen molar-refractivity contribution >= 4 is 67.0 Å². The lowest BCUT2D eigenvalue weighted by Gasteiger charge is -2.27. The highest BCUT2D eigenvalue weighted by Gasteiger charge is 2.48. The molecular formula is C34H29N3O3S2. The van der Waals surface area contributed by atoms with Gasteiger partial charge in [0, 0.05) is 28.4 Å². The van der Waals surface area contributed by atoms with E-state index in [0.717, 1.165) is 58.8 Å². The van der Waals surface area contributed by atoms with Gasteiger partial charge in [0.2, 0.25) is 5.78 Å². The van der Waals surface area contributed by atoms with Crippen LogP contribution in [0.1, 0.15) is 86.3 Å². The molecule has 2 aromatic heterocycles. The molecule has 210 valence electrons. The van der Waals surface area contributed by atoms with Gasteiger partial charge in [-0.3, -0.25) is 14.4 Å². The topological polar surface area (TPSA) is 80.3 Å². The Hall–Kier alpha value is -3.80. The number of fused-ring (bicyclic) bond motifs is 5. The number of allylic oxidation sites excluding steroid dienone is 2. The van der Waals surface area contributed by atoms with Crippen LogP contribution in [0.5, 0.6) is 0 Å². The maximum absolute atomic E-state index is 13.4. The lowest BCUT2D eigenvalue weighted by molar-refractivity contribution is -0.120. The van der Waals surface area contributed by atoms with Gasteiger partial charge in [-0.25, -0.2) is 14.8 Å². The van der Waals surface area contributed by atoms with Gasteiger partial charge in [0.25, 0.3) is 0 Å². The second-order valence-electron chi connectivity index (χ2n) is 11.5. The number of nitrogens with zero attached hydrogens (tertiary/aromatic N) is 3. The maximum Gasteiger partial charge on any atom is 0.211 e. The number of Topliss-reactive ketones (excluding diaryl/α,β-unsaturated/α-hetero) is 3. The molecule has 0 saturated heterocycles. The fourth-order valence-corrected chi connectivity index (χ4v) is 9.86. The molecule has 2 fully saturated rings. The minimum atomic E-state index is -0.236. The number of thiophene rings is 2. The first-order chi connectivity index (χ1) is 20.3. The Morgan fingerprint density at radius 3 is 1.93 bits per heavy atom. The van der Waals surface area contributed by atoms with Gasteiger partial charge in [-0.15, -0.1) is 22.7 Å². The van der Waals surface area contributed by atoms with Crippen molar-refractivity contribution in [3.63, 3.8) is 0 Å². The molecule has 0 spiro atoms. The van der Waals surface area contributed by atoms with Crippen LogP contribution in [0, 0.1) is 18.4 Å². The molecule has 42 heavy (non-hydrogen) atoms. The average molecular weight is 592 g/mol. The van der Waals surface area contributed by atoms with Gasteiger partial charge in [0.1, 0.15) is 15.7 Å². The van der Waals surface area contributed by atoms with E-state index in [0.29, 0.717) is 27.5 Å². The van der Waals surface area contributed by atoms with Crippen molar-refractivity contribution < 1.29 is 14.4 Å². The zero-order valence-corrected chi connectivity index (χ0v) is 25.4. The number of aliphatic imine (C=N–C) groups is 2. The van der Waals surface area contributed by atoms with Crippen LogP contribution in [-0.2, 0) is 15.0 Å². The molecule has 0 N–H and O–H groups in total. The normalized spacial score (nSPS) is 24.0. The van der Waals surface area contributed by atoms with Crippen LogP contribution in [0.25, 0.3) is 20.2 Å². The molecule has 0 aliphatic heterocycles.